The second-order valence-corrected chi connectivity index (χ2v) is 5.89. The summed E-state index contributed by atoms with van der Waals surface area (Å²) in [5.74, 6) is 0.232. The van der Waals surface area contributed by atoms with Crippen molar-refractivity contribution in [2.45, 2.75) is 37.9 Å². The largest absolute Gasteiger partial charge is 0.293 e. The van der Waals surface area contributed by atoms with Gasteiger partial charge in [-0.05, 0) is 31.4 Å². The van der Waals surface area contributed by atoms with Crippen molar-refractivity contribution in [3.8, 4) is 0 Å². The minimum absolute atomic E-state index is 0.0424. The highest BCUT2D eigenvalue weighted by Crippen LogP contribution is 2.29. The van der Waals surface area contributed by atoms with E-state index in [2.05, 4.69) is 0 Å². The summed E-state index contributed by atoms with van der Waals surface area (Å²) in [7, 11) is 0. The molecule has 1 fully saturated rings. The predicted octanol–water partition coefficient (Wildman–Crippen LogP) is 3.99. The van der Waals surface area contributed by atoms with Crippen LogP contribution in [0.15, 0.2) is 18.2 Å². The third kappa shape index (κ3) is 3.32. The van der Waals surface area contributed by atoms with Crippen molar-refractivity contribution in [2.75, 3.05) is 5.75 Å². The van der Waals surface area contributed by atoms with Crippen LogP contribution >= 0.6 is 11.8 Å². The number of halogens is 1. The molecule has 0 aliphatic heterocycles. The van der Waals surface area contributed by atoms with Gasteiger partial charge in [0.15, 0.2) is 5.78 Å². The first-order chi connectivity index (χ1) is 8.16. The number of aryl methyl sites for hydroxylation is 1. The third-order valence-electron chi connectivity index (χ3n) is 3.25. The van der Waals surface area contributed by atoms with E-state index in [4.69, 9.17) is 0 Å². The molecule has 1 aliphatic carbocycles. The molecule has 0 atom stereocenters. The highest BCUT2D eigenvalue weighted by atomic mass is 32.2. The lowest BCUT2D eigenvalue weighted by atomic mass is 10.1. The average Bonchev–Trinajstić information content (AvgIpc) is 2.82. The molecule has 1 aromatic rings. The Morgan fingerprint density at radius 3 is 2.76 bits per heavy atom. The molecule has 0 aromatic heterocycles. The van der Waals surface area contributed by atoms with E-state index >= 15 is 0 Å². The smallest absolute Gasteiger partial charge is 0.172 e. The van der Waals surface area contributed by atoms with Gasteiger partial charge >= 0.3 is 0 Å². The van der Waals surface area contributed by atoms with Crippen LogP contribution in [-0.2, 0) is 0 Å². The van der Waals surface area contributed by atoms with Gasteiger partial charge in [0.05, 0.1) is 5.75 Å². The fourth-order valence-corrected chi connectivity index (χ4v) is 3.32. The molecule has 0 unspecified atom stereocenters. The number of Topliss-reactive ketones (excluding diaryl/α,β-unsaturated/α-hetero) is 1. The van der Waals surface area contributed by atoms with Crippen LogP contribution in [0.25, 0.3) is 0 Å². The summed E-state index contributed by atoms with van der Waals surface area (Å²) in [6.45, 7) is 1.71. The SMILES string of the molecule is Cc1ccc(C(=O)CSC2CCCC2)cc1F. The van der Waals surface area contributed by atoms with Gasteiger partial charge in [0.25, 0.3) is 0 Å². The Bertz CT molecular complexity index is 411. The molecular weight excluding hydrogens is 235 g/mol. The number of hydrogen-bond acceptors (Lipinski definition) is 2. The molecule has 92 valence electrons. The number of rotatable bonds is 4. The maximum atomic E-state index is 13.3. The Kier molecular flexibility index (Phi) is 4.21. The van der Waals surface area contributed by atoms with Crippen molar-refractivity contribution in [3.05, 3.63) is 35.1 Å². The Morgan fingerprint density at radius 1 is 1.41 bits per heavy atom. The maximum Gasteiger partial charge on any atom is 0.172 e. The second-order valence-electron chi connectivity index (χ2n) is 4.60. The summed E-state index contributed by atoms with van der Waals surface area (Å²) >= 11 is 1.73. The van der Waals surface area contributed by atoms with Crippen molar-refractivity contribution in [1.29, 1.82) is 0 Å². The summed E-state index contributed by atoms with van der Waals surface area (Å²) < 4.78 is 13.3. The van der Waals surface area contributed by atoms with Crippen LogP contribution in [0, 0.1) is 12.7 Å². The third-order valence-corrected chi connectivity index (χ3v) is 4.62. The molecule has 0 heterocycles. The quantitative estimate of drug-likeness (QED) is 0.754. The molecule has 1 aliphatic rings. The van der Waals surface area contributed by atoms with Crippen LogP contribution in [0.1, 0.15) is 41.6 Å². The molecular formula is C14H17FOS. The summed E-state index contributed by atoms with van der Waals surface area (Å²) in [6.07, 6.45) is 5.01. The molecule has 0 radical (unpaired) electrons. The van der Waals surface area contributed by atoms with E-state index < -0.39 is 0 Å². The topological polar surface area (TPSA) is 17.1 Å². The predicted molar refractivity (Wildman–Crippen MR) is 70.2 cm³/mol. The fraction of sp³-hybridized carbons (Fsp3) is 0.500. The number of ketones is 1. The molecule has 0 saturated heterocycles. The first-order valence-corrected chi connectivity index (χ1v) is 7.12. The summed E-state index contributed by atoms with van der Waals surface area (Å²) in [6, 6.07) is 4.74. The lowest BCUT2D eigenvalue weighted by molar-refractivity contribution is 0.102. The first-order valence-electron chi connectivity index (χ1n) is 6.08. The van der Waals surface area contributed by atoms with Crippen LogP contribution in [-0.4, -0.2) is 16.8 Å². The Balaban J connectivity index is 1.92. The minimum atomic E-state index is -0.290. The van der Waals surface area contributed by atoms with Gasteiger partial charge in [0, 0.05) is 10.8 Å². The molecule has 1 aromatic carbocycles. The lowest BCUT2D eigenvalue weighted by Crippen LogP contribution is -2.07. The van der Waals surface area contributed by atoms with Crippen LogP contribution in [0.4, 0.5) is 4.39 Å². The average molecular weight is 252 g/mol. The standard InChI is InChI=1S/C14H17FOS/c1-10-6-7-11(8-13(10)15)14(16)9-17-12-4-2-3-5-12/h6-8,12H,2-5,9H2,1H3. The zero-order valence-corrected chi connectivity index (χ0v) is 10.9. The number of carbonyl (C=O) groups excluding carboxylic acids is 1. The Hall–Kier alpha value is -0.830. The lowest BCUT2D eigenvalue weighted by Gasteiger charge is -2.08. The molecule has 0 spiro atoms. The number of carbonyl (C=O) groups is 1. The summed E-state index contributed by atoms with van der Waals surface area (Å²) in [5.41, 5.74) is 1.09. The number of thioether (sulfide) groups is 1. The van der Waals surface area contributed by atoms with Gasteiger partial charge in [0.1, 0.15) is 5.82 Å². The number of benzene rings is 1. The van der Waals surface area contributed by atoms with Gasteiger partial charge in [-0.3, -0.25) is 4.79 Å². The van der Waals surface area contributed by atoms with E-state index in [9.17, 15) is 9.18 Å². The van der Waals surface area contributed by atoms with Crippen molar-refractivity contribution >= 4 is 17.5 Å². The van der Waals surface area contributed by atoms with Gasteiger partial charge < -0.3 is 0 Å². The van der Waals surface area contributed by atoms with Crippen LogP contribution in [0.2, 0.25) is 0 Å². The zero-order chi connectivity index (χ0) is 12.3. The Morgan fingerprint density at radius 2 is 2.12 bits per heavy atom. The normalized spacial score (nSPS) is 16.4. The van der Waals surface area contributed by atoms with E-state index in [0.29, 0.717) is 22.1 Å². The van der Waals surface area contributed by atoms with Crippen LogP contribution in [0.3, 0.4) is 0 Å². The molecule has 2 rings (SSSR count). The second kappa shape index (κ2) is 5.67. The van der Waals surface area contributed by atoms with Crippen LogP contribution in [0.5, 0.6) is 0 Å². The van der Waals surface area contributed by atoms with Crippen molar-refractivity contribution in [3.63, 3.8) is 0 Å². The highest BCUT2D eigenvalue weighted by molar-refractivity contribution is 8.00. The maximum absolute atomic E-state index is 13.3. The van der Waals surface area contributed by atoms with E-state index in [1.807, 2.05) is 0 Å². The van der Waals surface area contributed by atoms with Gasteiger partial charge in [-0.15, -0.1) is 0 Å². The van der Waals surface area contributed by atoms with Crippen molar-refractivity contribution < 1.29 is 9.18 Å². The minimum Gasteiger partial charge on any atom is -0.293 e. The van der Waals surface area contributed by atoms with Gasteiger partial charge in [0.2, 0.25) is 0 Å². The molecule has 3 heteroatoms. The molecule has 0 N–H and O–H groups in total. The fourth-order valence-electron chi connectivity index (χ4n) is 2.10. The number of hydrogen-bond donors (Lipinski definition) is 0. The molecule has 1 saturated carbocycles. The van der Waals surface area contributed by atoms with Gasteiger partial charge in [-0.1, -0.05) is 25.0 Å². The van der Waals surface area contributed by atoms with E-state index in [1.54, 1.807) is 30.8 Å². The Labute approximate surface area is 106 Å². The summed E-state index contributed by atoms with van der Waals surface area (Å²) in [4.78, 5) is 11.9. The zero-order valence-electron chi connectivity index (χ0n) is 10.0. The van der Waals surface area contributed by atoms with E-state index in [1.165, 1.54) is 31.7 Å². The molecule has 0 bridgehead atoms. The highest BCUT2D eigenvalue weighted by Gasteiger charge is 2.17. The molecule has 1 nitrogen and oxygen atoms in total. The van der Waals surface area contributed by atoms with Crippen LogP contribution < -0.4 is 0 Å². The van der Waals surface area contributed by atoms with Crippen molar-refractivity contribution in [1.82, 2.24) is 0 Å². The molecule has 17 heavy (non-hydrogen) atoms. The first kappa shape index (κ1) is 12.6. The van der Waals surface area contributed by atoms with Gasteiger partial charge in [-0.25, -0.2) is 4.39 Å². The van der Waals surface area contributed by atoms with E-state index in [0.717, 1.165) is 0 Å². The van der Waals surface area contributed by atoms with Crippen molar-refractivity contribution in [2.24, 2.45) is 0 Å². The summed E-state index contributed by atoms with van der Waals surface area (Å²) in [5, 5.41) is 0.634. The van der Waals surface area contributed by atoms with E-state index in [-0.39, 0.29) is 11.6 Å². The molecule has 0 amide bonds. The monoisotopic (exact) mass is 252 g/mol. The van der Waals surface area contributed by atoms with Gasteiger partial charge in [-0.2, -0.15) is 11.8 Å².